The Labute approximate surface area is 150 Å². The van der Waals surface area contributed by atoms with E-state index in [2.05, 4.69) is 32.5 Å². The SMILES string of the molecule is O=C(NCc1ccncc1)c1cnc2c(cnn2Cc2ccccc2)c1. The number of hydrogen-bond donors (Lipinski definition) is 1. The molecule has 128 valence electrons. The molecule has 6 heteroatoms. The summed E-state index contributed by atoms with van der Waals surface area (Å²) < 4.78 is 1.84. The van der Waals surface area contributed by atoms with E-state index in [1.807, 2.05) is 41.1 Å². The fourth-order valence-corrected chi connectivity index (χ4v) is 2.75. The van der Waals surface area contributed by atoms with E-state index in [0.29, 0.717) is 18.7 Å². The normalized spacial score (nSPS) is 10.8. The molecule has 4 rings (SSSR count). The summed E-state index contributed by atoms with van der Waals surface area (Å²) in [4.78, 5) is 20.8. The van der Waals surface area contributed by atoms with Crippen molar-refractivity contribution in [2.24, 2.45) is 0 Å². The highest BCUT2D eigenvalue weighted by molar-refractivity contribution is 5.96. The lowest BCUT2D eigenvalue weighted by Crippen LogP contribution is -2.22. The number of nitrogens with one attached hydrogen (secondary N) is 1. The highest BCUT2D eigenvalue weighted by Gasteiger charge is 2.10. The lowest BCUT2D eigenvalue weighted by atomic mass is 10.2. The monoisotopic (exact) mass is 343 g/mol. The Bertz CT molecular complexity index is 1030. The third-order valence-electron chi connectivity index (χ3n) is 4.12. The summed E-state index contributed by atoms with van der Waals surface area (Å²) in [5.74, 6) is -0.160. The van der Waals surface area contributed by atoms with Crippen molar-refractivity contribution < 1.29 is 4.79 Å². The number of hydrogen-bond acceptors (Lipinski definition) is 4. The zero-order valence-corrected chi connectivity index (χ0v) is 14.0. The second-order valence-corrected chi connectivity index (χ2v) is 5.96. The highest BCUT2D eigenvalue weighted by atomic mass is 16.1. The number of amides is 1. The Morgan fingerprint density at radius 2 is 1.81 bits per heavy atom. The summed E-state index contributed by atoms with van der Waals surface area (Å²) in [6, 6.07) is 15.6. The molecule has 1 N–H and O–H groups in total. The zero-order valence-electron chi connectivity index (χ0n) is 14.0. The maximum absolute atomic E-state index is 12.4. The van der Waals surface area contributed by atoms with E-state index in [4.69, 9.17) is 0 Å². The van der Waals surface area contributed by atoms with Crippen LogP contribution >= 0.6 is 0 Å². The summed E-state index contributed by atoms with van der Waals surface area (Å²) in [5.41, 5.74) is 3.43. The van der Waals surface area contributed by atoms with Crippen LogP contribution in [0.15, 0.2) is 73.3 Å². The molecule has 0 atom stereocenters. The number of fused-ring (bicyclic) bond motifs is 1. The fraction of sp³-hybridized carbons (Fsp3) is 0.100. The average molecular weight is 343 g/mol. The van der Waals surface area contributed by atoms with Crippen LogP contribution in [0.1, 0.15) is 21.5 Å². The summed E-state index contributed by atoms with van der Waals surface area (Å²) in [6.07, 6.45) is 6.74. The Morgan fingerprint density at radius 3 is 2.62 bits per heavy atom. The van der Waals surface area contributed by atoms with Crippen LogP contribution in [0.25, 0.3) is 11.0 Å². The Balaban J connectivity index is 1.50. The largest absolute Gasteiger partial charge is 0.348 e. The minimum atomic E-state index is -0.160. The van der Waals surface area contributed by atoms with Gasteiger partial charge in [-0.05, 0) is 29.3 Å². The number of aromatic nitrogens is 4. The van der Waals surface area contributed by atoms with Crippen LogP contribution in [0, 0.1) is 0 Å². The molecule has 0 radical (unpaired) electrons. The van der Waals surface area contributed by atoms with E-state index >= 15 is 0 Å². The molecular formula is C20H17N5O. The van der Waals surface area contributed by atoms with Crippen molar-refractivity contribution in [1.29, 1.82) is 0 Å². The molecule has 0 fully saturated rings. The van der Waals surface area contributed by atoms with Crippen LogP contribution in [-0.4, -0.2) is 25.7 Å². The maximum atomic E-state index is 12.4. The van der Waals surface area contributed by atoms with Crippen molar-refractivity contribution in [1.82, 2.24) is 25.1 Å². The summed E-state index contributed by atoms with van der Waals surface area (Å²) in [7, 11) is 0. The van der Waals surface area contributed by atoms with E-state index in [0.717, 1.165) is 22.2 Å². The number of carbonyl (C=O) groups is 1. The fourth-order valence-electron chi connectivity index (χ4n) is 2.75. The number of nitrogens with zero attached hydrogens (tertiary/aromatic N) is 4. The van der Waals surface area contributed by atoms with Gasteiger partial charge in [0.1, 0.15) is 0 Å². The van der Waals surface area contributed by atoms with E-state index in [1.54, 1.807) is 24.8 Å². The zero-order chi connectivity index (χ0) is 17.8. The molecule has 0 aliphatic rings. The van der Waals surface area contributed by atoms with Crippen molar-refractivity contribution in [3.63, 3.8) is 0 Å². The highest BCUT2D eigenvalue weighted by Crippen LogP contribution is 2.15. The van der Waals surface area contributed by atoms with Gasteiger partial charge >= 0.3 is 0 Å². The molecule has 4 aromatic rings. The number of rotatable bonds is 5. The van der Waals surface area contributed by atoms with Gasteiger partial charge in [0.2, 0.25) is 0 Å². The standard InChI is InChI=1S/C20H17N5O/c26-20(23-11-15-6-8-21-9-7-15)18-10-17-13-24-25(19(17)22-12-18)14-16-4-2-1-3-5-16/h1-10,12-13H,11,14H2,(H,23,26). The molecule has 0 unspecified atom stereocenters. The third kappa shape index (κ3) is 3.44. The van der Waals surface area contributed by atoms with Gasteiger partial charge in [-0.15, -0.1) is 0 Å². The molecule has 1 aromatic carbocycles. The molecule has 6 nitrogen and oxygen atoms in total. The van der Waals surface area contributed by atoms with Crippen molar-refractivity contribution in [3.8, 4) is 0 Å². The van der Waals surface area contributed by atoms with Gasteiger partial charge in [0.15, 0.2) is 5.65 Å². The lowest BCUT2D eigenvalue weighted by molar-refractivity contribution is 0.0950. The predicted molar refractivity (Wildman–Crippen MR) is 98.5 cm³/mol. The van der Waals surface area contributed by atoms with E-state index in [-0.39, 0.29) is 5.91 Å². The van der Waals surface area contributed by atoms with Gasteiger partial charge in [0, 0.05) is 30.5 Å². The molecule has 0 saturated carbocycles. The second kappa shape index (κ2) is 7.14. The smallest absolute Gasteiger partial charge is 0.253 e. The Morgan fingerprint density at radius 1 is 1.00 bits per heavy atom. The van der Waals surface area contributed by atoms with Crippen LogP contribution in [0.2, 0.25) is 0 Å². The molecule has 0 spiro atoms. The predicted octanol–water partition coefficient (Wildman–Crippen LogP) is 2.80. The van der Waals surface area contributed by atoms with Crippen LogP contribution in [0.4, 0.5) is 0 Å². The van der Waals surface area contributed by atoms with Gasteiger partial charge in [-0.3, -0.25) is 9.78 Å². The second-order valence-electron chi connectivity index (χ2n) is 5.96. The average Bonchev–Trinajstić information content (AvgIpc) is 3.10. The molecule has 0 saturated heterocycles. The Kier molecular flexibility index (Phi) is 4.38. The van der Waals surface area contributed by atoms with Gasteiger partial charge in [-0.2, -0.15) is 5.10 Å². The van der Waals surface area contributed by atoms with Gasteiger partial charge < -0.3 is 5.32 Å². The summed E-state index contributed by atoms with van der Waals surface area (Å²) >= 11 is 0. The molecule has 0 aliphatic carbocycles. The molecule has 0 bridgehead atoms. The van der Waals surface area contributed by atoms with Crippen molar-refractivity contribution in [3.05, 3.63) is 90.0 Å². The van der Waals surface area contributed by atoms with Crippen LogP contribution in [-0.2, 0) is 13.1 Å². The van der Waals surface area contributed by atoms with Crippen LogP contribution in [0.5, 0.6) is 0 Å². The van der Waals surface area contributed by atoms with Gasteiger partial charge in [0.25, 0.3) is 5.91 Å². The third-order valence-corrected chi connectivity index (χ3v) is 4.12. The number of benzene rings is 1. The number of pyridine rings is 2. The first-order valence-corrected chi connectivity index (χ1v) is 8.32. The Hall–Kier alpha value is -3.54. The van der Waals surface area contributed by atoms with E-state index in [9.17, 15) is 4.79 Å². The van der Waals surface area contributed by atoms with E-state index < -0.39 is 0 Å². The minimum Gasteiger partial charge on any atom is -0.348 e. The van der Waals surface area contributed by atoms with Gasteiger partial charge in [-0.1, -0.05) is 30.3 Å². The van der Waals surface area contributed by atoms with Crippen LogP contribution < -0.4 is 5.32 Å². The molecule has 3 aromatic heterocycles. The topological polar surface area (TPSA) is 72.7 Å². The van der Waals surface area contributed by atoms with Gasteiger partial charge in [0.05, 0.1) is 18.3 Å². The first-order valence-electron chi connectivity index (χ1n) is 8.32. The quantitative estimate of drug-likeness (QED) is 0.605. The van der Waals surface area contributed by atoms with Crippen molar-refractivity contribution in [2.75, 3.05) is 0 Å². The summed E-state index contributed by atoms with van der Waals surface area (Å²) in [5, 5.41) is 8.14. The first kappa shape index (κ1) is 16.0. The maximum Gasteiger partial charge on any atom is 0.253 e. The van der Waals surface area contributed by atoms with Crippen molar-refractivity contribution >= 4 is 16.9 Å². The van der Waals surface area contributed by atoms with Gasteiger partial charge in [-0.25, -0.2) is 9.67 Å². The number of carbonyl (C=O) groups excluding carboxylic acids is 1. The molecule has 26 heavy (non-hydrogen) atoms. The molecule has 3 heterocycles. The molecular weight excluding hydrogens is 326 g/mol. The molecule has 0 aliphatic heterocycles. The van der Waals surface area contributed by atoms with Crippen LogP contribution in [0.3, 0.4) is 0 Å². The minimum absolute atomic E-state index is 0.160. The first-order chi connectivity index (χ1) is 12.8. The summed E-state index contributed by atoms with van der Waals surface area (Å²) in [6.45, 7) is 1.09. The van der Waals surface area contributed by atoms with Crippen molar-refractivity contribution in [2.45, 2.75) is 13.1 Å². The molecule has 1 amide bonds. The lowest BCUT2D eigenvalue weighted by Gasteiger charge is -2.06. The van der Waals surface area contributed by atoms with E-state index in [1.165, 1.54) is 0 Å².